The fraction of sp³-hybridized carbons (Fsp3) is 0.208. The van der Waals surface area contributed by atoms with Crippen LogP contribution in [0.25, 0.3) is 11.1 Å². The van der Waals surface area contributed by atoms with E-state index in [0.29, 0.717) is 6.07 Å². The largest absolute Gasteiger partial charge is 0.449 e. The summed E-state index contributed by atoms with van der Waals surface area (Å²) in [6.07, 6.45) is -4.56. The second-order valence-corrected chi connectivity index (χ2v) is 7.80. The minimum Gasteiger partial charge on any atom is -0.449 e. The summed E-state index contributed by atoms with van der Waals surface area (Å²) in [6.45, 7) is -0.514. The van der Waals surface area contributed by atoms with Crippen molar-refractivity contribution in [1.29, 1.82) is 0 Å². The zero-order chi connectivity index (χ0) is 24.4. The van der Waals surface area contributed by atoms with E-state index in [4.69, 9.17) is 4.74 Å². The van der Waals surface area contributed by atoms with E-state index in [1.165, 1.54) is 0 Å². The number of nitrogens with one attached hydrogen (secondary N) is 1. The first-order valence-corrected chi connectivity index (χ1v) is 10.4. The van der Waals surface area contributed by atoms with E-state index in [1.54, 1.807) is 0 Å². The molecule has 3 aromatic rings. The number of hydrogen-bond acceptors (Lipinski definition) is 6. The molecule has 4 rings (SSSR count). The highest BCUT2D eigenvalue weighted by atomic mass is 19.1. The molecule has 1 amide bonds. The minimum atomic E-state index is -1.95. The van der Waals surface area contributed by atoms with Crippen molar-refractivity contribution in [2.24, 2.45) is 0 Å². The number of hydrogen-bond donors (Lipinski definition) is 3. The van der Waals surface area contributed by atoms with E-state index in [1.807, 2.05) is 48.5 Å². The summed E-state index contributed by atoms with van der Waals surface area (Å²) in [5, 5.41) is 33.4. The Morgan fingerprint density at radius 3 is 2.21 bits per heavy atom. The van der Waals surface area contributed by atoms with Crippen molar-refractivity contribution in [2.75, 3.05) is 13.2 Å². The summed E-state index contributed by atoms with van der Waals surface area (Å²) >= 11 is 0. The summed E-state index contributed by atoms with van der Waals surface area (Å²) in [6, 6.07) is 16.3. The van der Waals surface area contributed by atoms with Crippen molar-refractivity contribution in [1.82, 2.24) is 5.32 Å². The van der Waals surface area contributed by atoms with E-state index in [0.717, 1.165) is 22.3 Å². The van der Waals surface area contributed by atoms with Gasteiger partial charge in [-0.3, -0.25) is 10.1 Å². The number of halogens is 2. The van der Waals surface area contributed by atoms with Gasteiger partial charge in [0.15, 0.2) is 0 Å². The van der Waals surface area contributed by atoms with Crippen molar-refractivity contribution < 1.29 is 33.4 Å². The number of carbonyl (C=O) groups excluding carboxylic acids is 1. The molecule has 0 aliphatic heterocycles. The number of alkyl carbamates (subject to hydrolysis) is 1. The molecule has 0 fully saturated rings. The predicted octanol–water partition coefficient (Wildman–Crippen LogP) is 3.81. The zero-order valence-electron chi connectivity index (χ0n) is 17.7. The van der Waals surface area contributed by atoms with E-state index in [9.17, 15) is 33.9 Å². The Labute approximate surface area is 192 Å². The smallest absolute Gasteiger partial charge is 0.407 e. The first-order chi connectivity index (χ1) is 16.3. The van der Waals surface area contributed by atoms with Gasteiger partial charge < -0.3 is 20.3 Å². The van der Waals surface area contributed by atoms with E-state index < -0.39 is 52.7 Å². The minimum absolute atomic E-state index is 0.0251. The number of amides is 1. The number of fused-ring (bicyclic) bond motifs is 3. The Hall–Kier alpha value is -3.89. The van der Waals surface area contributed by atoms with Gasteiger partial charge >= 0.3 is 11.8 Å². The molecule has 0 bridgehead atoms. The topological polar surface area (TPSA) is 122 Å². The third kappa shape index (κ3) is 4.45. The molecule has 1 aliphatic rings. The molecule has 2 unspecified atom stereocenters. The number of nitrogens with zero attached hydrogens (tertiary/aromatic N) is 1. The standard InChI is InChI=1S/C24H20F2N2O6/c25-19-10-20(26)21(28(32)33)9-17(19)23(30)22(29)11-27-24(31)34-12-18-15-7-3-1-5-13(15)14-6-2-4-8-16(14)18/h1-10,18,22-23,29-30H,11-12H2,(H,27,31). The van der Waals surface area contributed by atoms with Crippen LogP contribution in [0.4, 0.5) is 19.3 Å². The lowest BCUT2D eigenvalue weighted by molar-refractivity contribution is -0.387. The van der Waals surface area contributed by atoms with Gasteiger partial charge in [0, 0.05) is 30.2 Å². The van der Waals surface area contributed by atoms with Gasteiger partial charge in [0.2, 0.25) is 5.82 Å². The summed E-state index contributed by atoms with van der Waals surface area (Å²) in [4.78, 5) is 22.0. The molecule has 8 nitrogen and oxygen atoms in total. The molecule has 0 saturated heterocycles. The molecule has 0 spiro atoms. The highest BCUT2D eigenvalue weighted by Gasteiger charge is 2.30. The van der Waals surface area contributed by atoms with Crippen LogP contribution >= 0.6 is 0 Å². The number of rotatable bonds is 7. The van der Waals surface area contributed by atoms with Crippen LogP contribution < -0.4 is 5.32 Å². The van der Waals surface area contributed by atoms with Crippen LogP contribution in [0.3, 0.4) is 0 Å². The lowest BCUT2D eigenvalue weighted by atomic mass is 9.98. The van der Waals surface area contributed by atoms with E-state index >= 15 is 0 Å². The molecule has 0 heterocycles. The molecule has 1 aliphatic carbocycles. The maximum atomic E-state index is 14.0. The summed E-state index contributed by atoms with van der Waals surface area (Å²) < 4.78 is 32.8. The number of ether oxygens (including phenoxy) is 1. The van der Waals surface area contributed by atoms with Crippen LogP contribution in [0.5, 0.6) is 0 Å². The van der Waals surface area contributed by atoms with Gasteiger partial charge in [0.05, 0.1) is 4.92 Å². The number of benzene rings is 3. The van der Waals surface area contributed by atoms with Crippen molar-refractivity contribution in [3.05, 3.63) is 99.1 Å². The molecule has 0 aromatic heterocycles. The van der Waals surface area contributed by atoms with Crippen LogP contribution in [0.1, 0.15) is 28.7 Å². The first kappa shape index (κ1) is 23.3. The molecule has 34 heavy (non-hydrogen) atoms. The van der Waals surface area contributed by atoms with Gasteiger partial charge in [-0.05, 0) is 22.3 Å². The van der Waals surface area contributed by atoms with Crippen molar-refractivity contribution in [3.63, 3.8) is 0 Å². The fourth-order valence-corrected chi connectivity index (χ4v) is 4.08. The van der Waals surface area contributed by atoms with Gasteiger partial charge in [0.25, 0.3) is 0 Å². The van der Waals surface area contributed by atoms with E-state index in [-0.39, 0.29) is 18.6 Å². The molecular weight excluding hydrogens is 450 g/mol. The summed E-state index contributed by atoms with van der Waals surface area (Å²) in [7, 11) is 0. The molecule has 0 saturated carbocycles. The Balaban J connectivity index is 1.37. The van der Waals surface area contributed by atoms with Gasteiger partial charge in [0.1, 0.15) is 24.6 Å². The molecule has 3 aromatic carbocycles. The molecule has 176 valence electrons. The highest BCUT2D eigenvalue weighted by molar-refractivity contribution is 5.79. The zero-order valence-corrected chi connectivity index (χ0v) is 17.7. The summed E-state index contributed by atoms with van der Waals surface area (Å²) in [5.74, 6) is -2.86. The molecule has 3 N–H and O–H groups in total. The maximum Gasteiger partial charge on any atom is 0.407 e. The number of aliphatic hydroxyl groups excluding tert-OH is 2. The summed E-state index contributed by atoms with van der Waals surface area (Å²) in [5.41, 5.74) is 2.42. The van der Waals surface area contributed by atoms with Crippen LogP contribution in [0.15, 0.2) is 60.7 Å². The molecule has 2 atom stereocenters. The van der Waals surface area contributed by atoms with Crippen molar-refractivity contribution in [2.45, 2.75) is 18.1 Å². The SMILES string of the molecule is O=C(NCC(O)C(O)c1cc([N+](=O)[O-])c(F)cc1F)OCC1c2ccccc2-c2ccccc21. The quantitative estimate of drug-likeness (QED) is 0.357. The van der Waals surface area contributed by atoms with Crippen LogP contribution in [-0.4, -0.2) is 40.5 Å². The second-order valence-electron chi connectivity index (χ2n) is 7.80. The number of aliphatic hydroxyl groups is 2. The van der Waals surface area contributed by atoms with Crippen LogP contribution in [0.2, 0.25) is 0 Å². The normalized spacial score (nSPS) is 14.1. The number of nitro benzene ring substituents is 1. The lowest BCUT2D eigenvalue weighted by Crippen LogP contribution is -2.36. The third-order valence-electron chi connectivity index (χ3n) is 5.75. The Morgan fingerprint density at radius 1 is 1.03 bits per heavy atom. The van der Waals surface area contributed by atoms with Gasteiger partial charge in [-0.1, -0.05) is 48.5 Å². The lowest BCUT2D eigenvalue weighted by Gasteiger charge is -2.20. The average Bonchev–Trinajstić information content (AvgIpc) is 3.14. The second kappa shape index (κ2) is 9.54. The van der Waals surface area contributed by atoms with Crippen molar-refractivity contribution in [3.8, 4) is 11.1 Å². The molecular formula is C24H20F2N2O6. The molecule has 10 heteroatoms. The Bertz CT molecular complexity index is 1210. The van der Waals surface area contributed by atoms with Gasteiger partial charge in [-0.15, -0.1) is 0 Å². The van der Waals surface area contributed by atoms with Gasteiger partial charge in [-0.2, -0.15) is 4.39 Å². The predicted molar refractivity (Wildman–Crippen MR) is 117 cm³/mol. The highest BCUT2D eigenvalue weighted by Crippen LogP contribution is 2.44. The number of nitro groups is 1. The first-order valence-electron chi connectivity index (χ1n) is 10.4. The van der Waals surface area contributed by atoms with E-state index in [2.05, 4.69) is 5.32 Å². The Kier molecular flexibility index (Phi) is 6.53. The third-order valence-corrected chi connectivity index (χ3v) is 5.75. The maximum absolute atomic E-state index is 14.0. The van der Waals surface area contributed by atoms with Crippen LogP contribution in [0, 0.1) is 21.7 Å². The van der Waals surface area contributed by atoms with Gasteiger partial charge in [-0.25, -0.2) is 9.18 Å². The molecule has 0 radical (unpaired) electrons. The monoisotopic (exact) mass is 470 g/mol. The Morgan fingerprint density at radius 2 is 1.62 bits per heavy atom. The fourth-order valence-electron chi connectivity index (χ4n) is 4.08. The van der Waals surface area contributed by atoms with Crippen molar-refractivity contribution >= 4 is 11.8 Å². The average molecular weight is 470 g/mol. The number of carbonyl (C=O) groups is 1. The van der Waals surface area contributed by atoms with Crippen LogP contribution in [-0.2, 0) is 4.74 Å².